The van der Waals surface area contributed by atoms with Crippen molar-refractivity contribution < 1.29 is 17.9 Å². The molecule has 5 heteroatoms. The van der Waals surface area contributed by atoms with Crippen LogP contribution in [-0.2, 0) is 25.8 Å². The van der Waals surface area contributed by atoms with Gasteiger partial charge < -0.3 is 4.74 Å². The highest BCUT2D eigenvalue weighted by atomic mass is 32.2. The van der Waals surface area contributed by atoms with Gasteiger partial charge in [0.15, 0.2) is 9.84 Å². The summed E-state index contributed by atoms with van der Waals surface area (Å²) in [4.78, 5) is 11.7. The zero-order valence-electron chi connectivity index (χ0n) is 16.8. The molecule has 0 heterocycles. The minimum atomic E-state index is -3.23. The molecule has 0 spiro atoms. The standard InChI is InChI=1S/C22H36O4S/c1-2-3-4-5-6-7-8-9-13-18-26-22(23)17-20-27(24,25)19-16-21-14-11-10-12-15-21/h10-12,14-15H,2-9,13,16-20H2,1H3. The van der Waals surface area contributed by atoms with E-state index in [1.165, 1.54) is 44.9 Å². The van der Waals surface area contributed by atoms with Gasteiger partial charge in [-0.3, -0.25) is 4.79 Å². The van der Waals surface area contributed by atoms with E-state index in [1.54, 1.807) is 0 Å². The number of rotatable bonds is 16. The predicted octanol–water partition coefficient (Wildman–Crippen LogP) is 5.11. The smallest absolute Gasteiger partial charge is 0.306 e. The second kappa shape index (κ2) is 14.7. The zero-order chi connectivity index (χ0) is 19.8. The predicted molar refractivity (Wildman–Crippen MR) is 112 cm³/mol. The first-order valence-electron chi connectivity index (χ1n) is 10.4. The molecule has 1 aromatic rings. The molecule has 1 rings (SSSR count). The number of esters is 1. The van der Waals surface area contributed by atoms with Crippen LogP contribution in [0.25, 0.3) is 0 Å². The topological polar surface area (TPSA) is 60.4 Å². The van der Waals surface area contributed by atoms with Crippen molar-refractivity contribution in [3.05, 3.63) is 35.9 Å². The Morgan fingerprint density at radius 1 is 0.852 bits per heavy atom. The van der Waals surface area contributed by atoms with Crippen molar-refractivity contribution >= 4 is 15.8 Å². The van der Waals surface area contributed by atoms with Crippen molar-refractivity contribution in [2.24, 2.45) is 0 Å². The maximum absolute atomic E-state index is 12.0. The van der Waals surface area contributed by atoms with Gasteiger partial charge >= 0.3 is 5.97 Å². The van der Waals surface area contributed by atoms with E-state index in [2.05, 4.69) is 6.92 Å². The van der Waals surface area contributed by atoms with Gasteiger partial charge in [0.2, 0.25) is 0 Å². The van der Waals surface area contributed by atoms with E-state index in [4.69, 9.17) is 4.74 Å². The van der Waals surface area contributed by atoms with Crippen LogP contribution < -0.4 is 0 Å². The Bertz CT molecular complexity index is 596. The SMILES string of the molecule is CCCCCCCCCCCOC(=O)CCS(=O)(=O)CCc1ccccc1. The molecule has 0 bridgehead atoms. The summed E-state index contributed by atoms with van der Waals surface area (Å²) in [6, 6.07) is 9.52. The van der Waals surface area contributed by atoms with Crippen molar-refractivity contribution in [2.75, 3.05) is 18.1 Å². The number of carbonyl (C=O) groups is 1. The molecule has 0 atom stereocenters. The van der Waals surface area contributed by atoms with Crippen LogP contribution in [0.3, 0.4) is 0 Å². The first kappa shape index (κ1) is 23.7. The number of unbranched alkanes of at least 4 members (excludes halogenated alkanes) is 8. The molecular formula is C22H36O4S. The Hall–Kier alpha value is -1.36. The van der Waals surface area contributed by atoms with Crippen molar-refractivity contribution in [2.45, 2.75) is 77.6 Å². The molecule has 0 N–H and O–H groups in total. The number of hydrogen-bond donors (Lipinski definition) is 0. The van der Waals surface area contributed by atoms with E-state index >= 15 is 0 Å². The molecular weight excluding hydrogens is 360 g/mol. The molecule has 0 aliphatic heterocycles. The lowest BCUT2D eigenvalue weighted by Crippen LogP contribution is -2.17. The van der Waals surface area contributed by atoms with Crippen molar-refractivity contribution in [3.63, 3.8) is 0 Å². The molecule has 0 fully saturated rings. The Morgan fingerprint density at radius 3 is 2.07 bits per heavy atom. The molecule has 27 heavy (non-hydrogen) atoms. The summed E-state index contributed by atoms with van der Waals surface area (Å²) in [6.45, 7) is 2.63. The van der Waals surface area contributed by atoms with Crippen molar-refractivity contribution in [1.82, 2.24) is 0 Å². The van der Waals surface area contributed by atoms with Crippen LogP contribution in [0, 0.1) is 0 Å². The summed E-state index contributed by atoms with van der Waals surface area (Å²) in [7, 11) is -3.23. The minimum Gasteiger partial charge on any atom is -0.466 e. The second-order valence-electron chi connectivity index (χ2n) is 7.19. The molecule has 154 valence electrons. The van der Waals surface area contributed by atoms with E-state index in [0.29, 0.717) is 13.0 Å². The third-order valence-electron chi connectivity index (χ3n) is 4.67. The number of ether oxygens (including phenoxy) is 1. The summed E-state index contributed by atoms with van der Waals surface area (Å²) in [5.41, 5.74) is 0.994. The van der Waals surface area contributed by atoms with Gasteiger partial charge in [0.05, 0.1) is 24.5 Å². The first-order chi connectivity index (χ1) is 13.0. The van der Waals surface area contributed by atoms with Gasteiger partial charge in [-0.05, 0) is 18.4 Å². The monoisotopic (exact) mass is 396 g/mol. The van der Waals surface area contributed by atoms with E-state index < -0.39 is 15.8 Å². The number of benzene rings is 1. The normalized spacial score (nSPS) is 11.4. The Kier molecular flexibility index (Phi) is 12.9. The highest BCUT2D eigenvalue weighted by Crippen LogP contribution is 2.10. The summed E-state index contributed by atoms with van der Waals surface area (Å²) >= 11 is 0. The van der Waals surface area contributed by atoms with Gasteiger partial charge in [-0.1, -0.05) is 88.6 Å². The van der Waals surface area contributed by atoms with Crippen LogP contribution in [0.2, 0.25) is 0 Å². The summed E-state index contributed by atoms with van der Waals surface area (Å²) < 4.78 is 29.2. The quantitative estimate of drug-likeness (QED) is 0.288. The summed E-state index contributed by atoms with van der Waals surface area (Å²) in [6.07, 6.45) is 11.3. The molecule has 0 saturated carbocycles. The third kappa shape index (κ3) is 13.5. The Balaban J connectivity index is 2.01. The molecule has 0 aliphatic rings. The van der Waals surface area contributed by atoms with Gasteiger partial charge in [-0.2, -0.15) is 0 Å². The molecule has 0 saturated heterocycles. The van der Waals surface area contributed by atoms with Gasteiger partial charge in [0.25, 0.3) is 0 Å². The fraction of sp³-hybridized carbons (Fsp3) is 0.682. The van der Waals surface area contributed by atoms with Crippen LogP contribution in [0.1, 0.15) is 76.7 Å². The molecule has 0 amide bonds. The summed E-state index contributed by atoms with van der Waals surface area (Å²) in [5.74, 6) is -0.461. The van der Waals surface area contributed by atoms with Gasteiger partial charge in [-0.15, -0.1) is 0 Å². The number of aryl methyl sites for hydroxylation is 1. The number of sulfone groups is 1. The highest BCUT2D eigenvalue weighted by Gasteiger charge is 2.14. The molecule has 0 unspecified atom stereocenters. The van der Waals surface area contributed by atoms with Crippen LogP contribution in [0.4, 0.5) is 0 Å². The van der Waals surface area contributed by atoms with Gasteiger partial charge in [-0.25, -0.2) is 8.42 Å². The van der Waals surface area contributed by atoms with Crippen LogP contribution >= 0.6 is 0 Å². The fourth-order valence-corrected chi connectivity index (χ4v) is 4.16. The molecule has 4 nitrogen and oxygen atoms in total. The highest BCUT2D eigenvalue weighted by molar-refractivity contribution is 7.91. The molecule has 0 aromatic heterocycles. The van der Waals surface area contributed by atoms with Crippen molar-refractivity contribution in [1.29, 1.82) is 0 Å². The summed E-state index contributed by atoms with van der Waals surface area (Å²) in [5, 5.41) is 0. The van der Waals surface area contributed by atoms with Crippen LogP contribution in [0.5, 0.6) is 0 Å². The lowest BCUT2D eigenvalue weighted by molar-refractivity contribution is -0.143. The average molecular weight is 397 g/mol. The zero-order valence-corrected chi connectivity index (χ0v) is 17.6. The maximum atomic E-state index is 12.0. The average Bonchev–Trinajstić information content (AvgIpc) is 2.67. The lowest BCUT2D eigenvalue weighted by Gasteiger charge is -2.06. The second-order valence-corrected chi connectivity index (χ2v) is 9.49. The first-order valence-corrected chi connectivity index (χ1v) is 12.3. The van der Waals surface area contributed by atoms with Gasteiger partial charge in [0, 0.05) is 0 Å². The largest absolute Gasteiger partial charge is 0.466 e. The number of hydrogen-bond acceptors (Lipinski definition) is 4. The fourth-order valence-electron chi connectivity index (χ4n) is 2.93. The molecule has 0 radical (unpaired) electrons. The van der Waals surface area contributed by atoms with E-state index in [-0.39, 0.29) is 17.9 Å². The minimum absolute atomic E-state index is 0.0471. The maximum Gasteiger partial charge on any atom is 0.306 e. The van der Waals surface area contributed by atoms with E-state index in [1.807, 2.05) is 30.3 Å². The van der Waals surface area contributed by atoms with Crippen LogP contribution in [-0.4, -0.2) is 32.5 Å². The molecule has 1 aromatic carbocycles. The third-order valence-corrected chi connectivity index (χ3v) is 6.32. The lowest BCUT2D eigenvalue weighted by atomic mass is 10.1. The van der Waals surface area contributed by atoms with E-state index in [9.17, 15) is 13.2 Å². The number of carbonyl (C=O) groups excluding carboxylic acids is 1. The van der Waals surface area contributed by atoms with E-state index in [0.717, 1.165) is 18.4 Å². The van der Waals surface area contributed by atoms with Crippen LogP contribution in [0.15, 0.2) is 30.3 Å². The Labute approximate surface area is 165 Å². The Morgan fingerprint density at radius 2 is 1.44 bits per heavy atom. The van der Waals surface area contributed by atoms with Crippen molar-refractivity contribution in [3.8, 4) is 0 Å². The van der Waals surface area contributed by atoms with Gasteiger partial charge in [0.1, 0.15) is 0 Å². The molecule has 0 aliphatic carbocycles.